The van der Waals surface area contributed by atoms with E-state index in [1.807, 2.05) is 18.2 Å². The van der Waals surface area contributed by atoms with E-state index in [1.165, 1.54) is 11.1 Å². The maximum Gasteiger partial charge on any atom is 0.0410 e. The van der Waals surface area contributed by atoms with Crippen LogP contribution in [0.3, 0.4) is 0 Å². The average Bonchev–Trinajstić information content (AvgIpc) is 2.04. The van der Waals surface area contributed by atoms with E-state index in [2.05, 4.69) is 10.9 Å². The fraction of sp³-hybridized carbons (Fsp3) is 0.111. The van der Waals surface area contributed by atoms with Gasteiger partial charge < -0.3 is 0 Å². The summed E-state index contributed by atoms with van der Waals surface area (Å²) in [4.78, 5) is 3.90. The van der Waals surface area contributed by atoms with Gasteiger partial charge in [-0.3, -0.25) is 0 Å². The van der Waals surface area contributed by atoms with E-state index in [0.29, 0.717) is 0 Å². The molecule has 0 N–H and O–H groups in total. The molecule has 1 aliphatic heterocycles. The number of fused-ring (bicyclic) bond motifs is 1. The quantitative estimate of drug-likeness (QED) is 0.521. The molecule has 2 heteroatoms. The summed E-state index contributed by atoms with van der Waals surface area (Å²) in [5.41, 5.74) is 2.35. The molecule has 54 valence electrons. The summed E-state index contributed by atoms with van der Waals surface area (Å²) in [6.45, 7) is 0. The van der Waals surface area contributed by atoms with Crippen LogP contribution in [0.25, 0.3) is 0 Å². The van der Waals surface area contributed by atoms with Crippen molar-refractivity contribution in [1.82, 2.24) is 0 Å². The summed E-state index contributed by atoms with van der Waals surface area (Å²) in [5.74, 6) is 2.78. The smallest absolute Gasteiger partial charge is 0.0410 e. The monoisotopic (exact) mass is 163 g/mol. The molecule has 0 fully saturated rings. The zero-order valence-corrected chi connectivity index (χ0v) is 6.60. The Bertz CT molecular complexity index is 339. The minimum atomic E-state index is 0.801. The Balaban J connectivity index is 2.47. The van der Waals surface area contributed by atoms with E-state index in [0.717, 1.165) is 11.5 Å². The molecule has 0 saturated carbocycles. The minimum Gasteiger partial charge on any atom is -0.214 e. The van der Waals surface area contributed by atoms with Crippen LogP contribution in [-0.2, 0) is 0 Å². The maximum atomic E-state index is 5.84. The third-order valence-electron chi connectivity index (χ3n) is 1.69. The van der Waals surface area contributed by atoms with Crippen molar-refractivity contribution >= 4 is 17.5 Å². The highest BCUT2D eigenvalue weighted by molar-refractivity contribution is 6.30. The third-order valence-corrected chi connectivity index (χ3v) is 1.95. The Morgan fingerprint density at radius 3 is 3.27 bits per heavy atom. The molecule has 1 nitrogen and oxygen atoms in total. The van der Waals surface area contributed by atoms with Gasteiger partial charge in [-0.1, -0.05) is 17.7 Å². The summed E-state index contributed by atoms with van der Waals surface area (Å²) in [7, 11) is 0. The van der Waals surface area contributed by atoms with Gasteiger partial charge in [0.1, 0.15) is 0 Å². The maximum absolute atomic E-state index is 5.84. The molecule has 0 spiro atoms. The second kappa shape index (κ2) is 2.54. The van der Waals surface area contributed by atoms with E-state index in [9.17, 15) is 0 Å². The summed E-state index contributed by atoms with van der Waals surface area (Å²) < 4.78 is 0. The van der Waals surface area contributed by atoms with E-state index in [1.54, 1.807) is 6.20 Å². The fourth-order valence-corrected chi connectivity index (χ4v) is 1.32. The molecule has 0 aromatic heterocycles. The molecule has 1 heterocycles. The van der Waals surface area contributed by atoms with Gasteiger partial charge >= 0.3 is 0 Å². The first-order valence-electron chi connectivity index (χ1n) is 3.40. The molecule has 0 amide bonds. The van der Waals surface area contributed by atoms with Gasteiger partial charge in [-0.05, 0) is 23.1 Å². The Labute approximate surface area is 70.1 Å². The highest BCUT2D eigenvalue weighted by atomic mass is 35.5. The van der Waals surface area contributed by atoms with Gasteiger partial charge in [0, 0.05) is 23.7 Å². The molecular weight excluding hydrogens is 158 g/mol. The Kier molecular flexibility index (Phi) is 1.54. The van der Waals surface area contributed by atoms with Crippen LogP contribution in [0.15, 0.2) is 45.6 Å². The van der Waals surface area contributed by atoms with Gasteiger partial charge in [0.15, 0.2) is 0 Å². The van der Waals surface area contributed by atoms with Crippen molar-refractivity contribution in [3.05, 3.63) is 40.6 Å². The van der Waals surface area contributed by atoms with Crippen molar-refractivity contribution in [3.63, 3.8) is 0 Å². The Morgan fingerprint density at radius 2 is 2.36 bits per heavy atom. The van der Waals surface area contributed by atoms with Crippen LogP contribution in [0.5, 0.6) is 0 Å². The van der Waals surface area contributed by atoms with Gasteiger partial charge in [0.05, 0.1) is 0 Å². The van der Waals surface area contributed by atoms with Crippen molar-refractivity contribution in [3.8, 4) is 0 Å². The van der Waals surface area contributed by atoms with Crippen LogP contribution in [0, 0.1) is 0 Å². The van der Waals surface area contributed by atoms with Gasteiger partial charge in [-0.25, -0.2) is 4.99 Å². The van der Waals surface area contributed by atoms with Crippen LogP contribution in [0.4, 0.5) is 0 Å². The number of halogens is 1. The lowest BCUT2D eigenvalue weighted by Gasteiger charge is -2.11. The number of rotatable bonds is 0. The number of hydrogen-bond donors (Lipinski definition) is 0. The lowest BCUT2D eigenvalue weighted by molar-refractivity contribution is 1.17. The number of aliphatic imine (C=N–C) groups is 1. The van der Waals surface area contributed by atoms with Crippen molar-refractivity contribution < 1.29 is 0 Å². The molecule has 0 aromatic rings. The molecule has 0 aromatic carbocycles. The van der Waals surface area contributed by atoms with E-state index in [4.69, 9.17) is 11.6 Å². The van der Waals surface area contributed by atoms with Gasteiger partial charge in [0.25, 0.3) is 0 Å². The zero-order chi connectivity index (χ0) is 7.68. The highest BCUT2D eigenvalue weighted by Gasteiger charge is 2.09. The molecular formula is C9H6ClN. The number of nitrogens with zero attached hydrogens (tertiary/aromatic N) is 1. The number of hydrogen-bond acceptors (Lipinski definition) is 1. The number of allylic oxidation sites excluding steroid dienone is 6. The largest absolute Gasteiger partial charge is 0.214 e. The fourth-order valence-electron chi connectivity index (χ4n) is 1.11. The lowest BCUT2D eigenvalue weighted by atomic mass is 9.98. The van der Waals surface area contributed by atoms with Crippen LogP contribution >= 0.6 is 11.6 Å². The summed E-state index contributed by atoms with van der Waals surface area (Å²) >= 11 is 5.84. The Morgan fingerprint density at radius 1 is 1.45 bits per heavy atom. The van der Waals surface area contributed by atoms with Crippen molar-refractivity contribution in [1.29, 1.82) is 0 Å². The average molecular weight is 164 g/mol. The van der Waals surface area contributed by atoms with E-state index >= 15 is 0 Å². The van der Waals surface area contributed by atoms with Crippen molar-refractivity contribution in [2.45, 2.75) is 6.42 Å². The summed E-state index contributed by atoms with van der Waals surface area (Å²) in [6.07, 6.45) is 8.38. The first-order valence-corrected chi connectivity index (χ1v) is 3.78. The third kappa shape index (κ3) is 1.21. The molecule has 0 radical (unpaired) electrons. The molecule has 0 bridgehead atoms. The molecule has 2 rings (SSSR count). The van der Waals surface area contributed by atoms with Crippen LogP contribution in [0.1, 0.15) is 6.42 Å². The van der Waals surface area contributed by atoms with Gasteiger partial charge in [0.2, 0.25) is 0 Å². The van der Waals surface area contributed by atoms with Crippen LogP contribution in [0.2, 0.25) is 0 Å². The summed E-state index contributed by atoms with van der Waals surface area (Å²) in [5, 5.41) is 0.866. The van der Waals surface area contributed by atoms with Crippen LogP contribution < -0.4 is 0 Å². The molecule has 0 atom stereocenters. The predicted octanol–water partition coefficient (Wildman–Crippen LogP) is 2.56. The molecule has 1 aliphatic carbocycles. The standard InChI is InChI=1S/C9H6ClN/c10-9-2-1-7-3-4-11-6-8(7)5-9/h1-3,6H,5H2. The van der Waals surface area contributed by atoms with E-state index in [-0.39, 0.29) is 0 Å². The van der Waals surface area contributed by atoms with Gasteiger partial charge in [-0.15, -0.1) is 0 Å². The lowest BCUT2D eigenvalue weighted by Crippen LogP contribution is -1.94. The van der Waals surface area contributed by atoms with Crippen molar-refractivity contribution in [2.24, 2.45) is 4.99 Å². The summed E-state index contributed by atoms with van der Waals surface area (Å²) in [6, 6.07) is 0. The van der Waals surface area contributed by atoms with Gasteiger partial charge in [-0.2, -0.15) is 0 Å². The first kappa shape index (κ1) is 6.66. The van der Waals surface area contributed by atoms with Crippen molar-refractivity contribution in [2.75, 3.05) is 0 Å². The zero-order valence-electron chi connectivity index (χ0n) is 5.84. The second-order valence-electron chi connectivity index (χ2n) is 2.47. The predicted molar refractivity (Wildman–Crippen MR) is 46.7 cm³/mol. The molecule has 2 aliphatic rings. The Hall–Kier alpha value is -1.04. The van der Waals surface area contributed by atoms with Crippen LogP contribution in [-0.4, -0.2) is 5.87 Å². The second-order valence-corrected chi connectivity index (χ2v) is 2.95. The molecule has 0 saturated heterocycles. The minimum absolute atomic E-state index is 0.801. The molecule has 11 heavy (non-hydrogen) atoms. The first-order chi connectivity index (χ1) is 5.36. The normalized spacial score (nSPS) is 20.3. The molecule has 0 unspecified atom stereocenters. The SMILES string of the molecule is ClC1=CC=C2C=C=NC=C2C1. The highest BCUT2D eigenvalue weighted by Crippen LogP contribution is 2.27. The van der Waals surface area contributed by atoms with E-state index < -0.39 is 0 Å². The topological polar surface area (TPSA) is 12.4 Å².